The maximum absolute atomic E-state index is 11.7. The maximum atomic E-state index is 11.7. The van der Waals surface area contributed by atoms with E-state index in [4.69, 9.17) is 0 Å². The molecule has 1 unspecified atom stereocenters. The van der Waals surface area contributed by atoms with Gasteiger partial charge in [-0.25, -0.2) is 0 Å². The molecular weight excluding hydrogens is 226 g/mol. The summed E-state index contributed by atoms with van der Waals surface area (Å²) >= 11 is 0. The molecule has 18 heavy (non-hydrogen) atoms. The first-order valence-corrected chi connectivity index (χ1v) is 7.30. The summed E-state index contributed by atoms with van der Waals surface area (Å²) in [6, 6.07) is 0.276. The second kappa shape index (κ2) is 8.48. The van der Waals surface area contributed by atoms with E-state index >= 15 is 0 Å². The Hall–Kier alpha value is -0.610. The number of piperidine rings is 1. The average molecular weight is 255 g/mol. The van der Waals surface area contributed by atoms with E-state index in [2.05, 4.69) is 36.4 Å². The fraction of sp³-hybridized carbons (Fsp3) is 0.929. The Bertz CT molecular complexity index is 237. The normalized spacial score (nSPS) is 19.7. The van der Waals surface area contributed by atoms with E-state index < -0.39 is 0 Å². The van der Waals surface area contributed by atoms with E-state index in [0.29, 0.717) is 6.42 Å². The van der Waals surface area contributed by atoms with Crippen molar-refractivity contribution in [1.82, 2.24) is 15.5 Å². The van der Waals surface area contributed by atoms with Gasteiger partial charge in [0.05, 0.1) is 0 Å². The molecule has 106 valence electrons. The minimum Gasteiger partial charge on any atom is -0.356 e. The predicted octanol–water partition coefficient (Wildman–Crippen LogP) is 1.22. The van der Waals surface area contributed by atoms with Gasteiger partial charge in [0.15, 0.2) is 0 Å². The molecule has 2 N–H and O–H groups in total. The minimum absolute atomic E-state index is 0.177. The first kappa shape index (κ1) is 15.4. The van der Waals surface area contributed by atoms with Crippen LogP contribution in [0.25, 0.3) is 0 Å². The van der Waals surface area contributed by atoms with Gasteiger partial charge in [0, 0.05) is 19.0 Å². The van der Waals surface area contributed by atoms with Crippen LogP contribution in [-0.4, -0.2) is 50.1 Å². The molecule has 0 radical (unpaired) electrons. The van der Waals surface area contributed by atoms with Crippen LogP contribution in [0.2, 0.25) is 0 Å². The largest absolute Gasteiger partial charge is 0.356 e. The molecule has 0 saturated carbocycles. The SMILES string of the molecule is CCNC(C)CC(=O)NCCC1CCN(C)CC1. The highest BCUT2D eigenvalue weighted by atomic mass is 16.1. The molecule has 1 aliphatic heterocycles. The van der Waals surface area contributed by atoms with Crippen LogP contribution < -0.4 is 10.6 Å². The Morgan fingerprint density at radius 3 is 2.67 bits per heavy atom. The zero-order valence-electron chi connectivity index (χ0n) is 12.2. The van der Waals surface area contributed by atoms with Crippen LogP contribution >= 0.6 is 0 Å². The Morgan fingerprint density at radius 1 is 1.39 bits per heavy atom. The van der Waals surface area contributed by atoms with E-state index in [0.717, 1.165) is 25.4 Å². The number of nitrogens with zero attached hydrogens (tertiary/aromatic N) is 1. The lowest BCUT2D eigenvalue weighted by molar-refractivity contribution is -0.121. The van der Waals surface area contributed by atoms with Crippen molar-refractivity contribution in [3.8, 4) is 0 Å². The van der Waals surface area contributed by atoms with Crippen molar-refractivity contribution in [2.45, 2.75) is 45.6 Å². The first-order valence-electron chi connectivity index (χ1n) is 7.30. The van der Waals surface area contributed by atoms with Gasteiger partial charge in [-0.1, -0.05) is 6.92 Å². The summed E-state index contributed by atoms with van der Waals surface area (Å²) in [5.74, 6) is 0.976. The fourth-order valence-electron chi connectivity index (χ4n) is 2.54. The Balaban J connectivity index is 2.04. The van der Waals surface area contributed by atoms with E-state index in [-0.39, 0.29) is 11.9 Å². The monoisotopic (exact) mass is 255 g/mol. The number of amides is 1. The van der Waals surface area contributed by atoms with Crippen LogP contribution in [0, 0.1) is 5.92 Å². The number of nitrogens with one attached hydrogen (secondary N) is 2. The summed E-state index contributed by atoms with van der Waals surface area (Å²) in [7, 11) is 2.18. The van der Waals surface area contributed by atoms with Crippen molar-refractivity contribution in [3.05, 3.63) is 0 Å². The molecule has 0 aliphatic carbocycles. The summed E-state index contributed by atoms with van der Waals surface area (Å²) in [5, 5.41) is 6.29. The molecule has 1 amide bonds. The molecule has 1 atom stereocenters. The van der Waals surface area contributed by atoms with Crippen molar-refractivity contribution in [2.24, 2.45) is 5.92 Å². The molecule has 0 spiro atoms. The molecule has 1 heterocycles. The highest BCUT2D eigenvalue weighted by molar-refractivity contribution is 5.76. The van der Waals surface area contributed by atoms with Gasteiger partial charge < -0.3 is 15.5 Å². The molecule has 1 saturated heterocycles. The van der Waals surface area contributed by atoms with E-state index in [1.54, 1.807) is 0 Å². The van der Waals surface area contributed by atoms with Crippen LogP contribution in [0.15, 0.2) is 0 Å². The average Bonchev–Trinajstić information content (AvgIpc) is 2.32. The Morgan fingerprint density at radius 2 is 2.06 bits per heavy atom. The molecule has 1 aliphatic rings. The lowest BCUT2D eigenvalue weighted by atomic mass is 9.94. The van der Waals surface area contributed by atoms with Crippen molar-refractivity contribution in [3.63, 3.8) is 0 Å². The maximum Gasteiger partial charge on any atom is 0.221 e. The van der Waals surface area contributed by atoms with Crippen LogP contribution in [0.3, 0.4) is 0 Å². The van der Waals surface area contributed by atoms with Gasteiger partial charge in [0.1, 0.15) is 0 Å². The second-order valence-corrected chi connectivity index (χ2v) is 5.55. The predicted molar refractivity (Wildman–Crippen MR) is 75.6 cm³/mol. The van der Waals surface area contributed by atoms with Gasteiger partial charge >= 0.3 is 0 Å². The fourth-order valence-corrected chi connectivity index (χ4v) is 2.54. The van der Waals surface area contributed by atoms with Crippen molar-refractivity contribution in [2.75, 3.05) is 33.2 Å². The van der Waals surface area contributed by atoms with Gasteiger partial charge in [-0.3, -0.25) is 4.79 Å². The Kier molecular flexibility index (Phi) is 7.28. The summed E-state index contributed by atoms with van der Waals surface area (Å²) < 4.78 is 0. The number of hydrogen-bond acceptors (Lipinski definition) is 3. The molecule has 0 aromatic heterocycles. The van der Waals surface area contributed by atoms with Gasteiger partial charge in [-0.05, 0) is 58.8 Å². The number of carbonyl (C=O) groups excluding carboxylic acids is 1. The van der Waals surface area contributed by atoms with Gasteiger partial charge in [0.25, 0.3) is 0 Å². The quantitative estimate of drug-likeness (QED) is 0.719. The minimum atomic E-state index is 0.177. The molecule has 1 rings (SSSR count). The molecule has 1 fully saturated rings. The van der Waals surface area contributed by atoms with E-state index in [9.17, 15) is 4.79 Å². The summed E-state index contributed by atoms with van der Waals surface area (Å²) in [6.45, 7) is 8.29. The Labute approximate surface area is 111 Å². The summed E-state index contributed by atoms with van der Waals surface area (Å²) in [4.78, 5) is 14.0. The molecular formula is C14H29N3O. The topological polar surface area (TPSA) is 44.4 Å². The molecule has 0 aromatic rings. The molecule has 4 nitrogen and oxygen atoms in total. The van der Waals surface area contributed by atoms with Crippen LogP contribution in [0.1, 0.15) is 39.5 Å². The van der Waals surface area contributed by atoms with Crippen LogP contribution in [0.4, 0.5) is 0 Å². The standard InChI is InChI=1S/C14H29N3O/c1-4-15-12(2)11-14(18)16-8-5-13-6-9-17(3)10-7-13/h12-13,15H,4-11H2,1-3H3,(H,16,18). The highest BCUT2D eigenvalue weighted by Crippen LogP contribution is 2.18. The van der Waals surface area contributed by atoms with Gasteiger partial charge in [-0.2, -0.15) is 0 Å². The lowest BCUT2D eigenvalue weighted by Crippen LogP contribution is -2.35. The molecule has 4 heteroatoms. The summed E-state index contributed by atoms with van der Waals surface area (Å²) in [5.41, 5.74) is 0. The zero-order valence-corrected chi connectivity index (χ0v) is 12.2. The smallest absolute Gasteiger partial charge is 0.221 e. The number of rotatable bonds is 7. The third-order valence-electron chi connectivity index (χ3n) is 3.76. The third-order valence-corrected chi connectivity index (χ3v) is 3.76. The third kappa shape index (κ3) is 6.36. The highest BCUT2D eigenvalue weighted by Gasteiger charge is 2.16. The zero-order chi connectivity index (χ0) is 13.4. The second-order valence-electron chi connectivity index (χ2n) is 5.55. The van der Waals surface area contributed by atoms with Gasteiger partial charge in [0.2, 0.25) is 5.91 Å². The molecule has 0 aromatic carbocycles. The van der Waals surface area contributed by atoms with Crippen molar-refractivity contribution < 1.29 is 4.79 Å². The molecule has 0 bridgehead atoms. The van der Waals surface area contributed by atoms with Gasteiger partial charge in [-0.15, -0.1) is 0 Å². The first-order chi connectivity index (χ1) is 8.61. The van der Waals surface area contributed by atoms with Crippen molar-refractivity contribution in [1.29, 1.82) is 0 Å². The van der Waals surface area contributed by atoms with E-state index in [1.165, 1.54) is 25.9 Å². The summed E-state index contributed by atoms with van der Waals surface area (Å²) in [6.07, 6.45) is 4.27. The van der Waals surface area contributed by atoms with Crippen LogP contribution in [0.5, 0.6) is 0 Å². The number of likely N-dealkylation sites (tertiary alicyclic amines) is 1. The number of carbonyl (C=O) groups is 1. The number of hydrogen-bond donors (Lipinski definition) is 2. The van der Waals surface area contributed by atoms with E-state index in [1.807, 2.05) is 0 Å². The van der Waals surface area contributed by atoms with Crippen LogP contribution in [-0.2, 0) is 4.79 Å². The van der Waals surface area contributed by atoms with Crippen molar-refractivity contribution >= 4 is 5.91 Å². The lowest BCUT2D eigenvalue weighted by Gasteiger charge is -2.28.